The highest BCUT2D eigenvalue weighted by molar-refractivity contribution is 7.80. The fourth-order valence-corrected chi connectivity index (χ4v) is 1.42. The van der Waals surface area contributed by atoms with Crippen LogP contribution in [0.4, 0.5) is 0 Å². The monoisotopic (exact) mass is 252 g/mol. The van der Waals surface area contributed by atoms with Gasteiger partial charge in [-0.05, 0) is 25.9 Å². The van der Waals surface area contributed by atoms with Crippen molar-refractivity contribution in [1.29, 1.82) is 0 Å². The topological polar surface area (TPSA) is 33.3 Å². The van der Waals surface area contributed by atoms with E-state index in [4.69, 9.17) is 4.74 Å². The molecule has 0 amide bonds. The van der Waals surface area contributed by atoms with Gasteiger partial charge in [0.25, 0.3) is 0 Å². The van der Waals surface area contributed by atoms with Crippen molar-refractivity contribution in [2.24, 2.45) is 0 Å². The van der Waals surface area contributed by atoms with Gasteiger partial charge in [0.15, 0.2) is 0 Å². The number of nitrogens with one attached hydrogen (secondary N) is 2. The summed E-state index contributed by atoms with van der Waals surface area (Å²) in [5.74, 6) is 1.80. The molecule has 0 aromatic heterocycles. The Morgan fingerprint density at radius 3 is 1.60 bits per heavy atom. The van der Waals surface area contributed by atoms with Crippen LogP contribution in [0.25, 0.3) is 0 Å². The first kappa shape index (κ1) is 15.6. The molecule has 0 aromatic carbocycles. The molecule has 0 saturated heterocycles. The van der Waals surface area contributed by atoms with Gasteiger partial charge in [-0.25, -0.2) is 0 Å². The van der Waals surface area contributed by atoms with Crippen LogP contribution in [0.2, 0.25) is 0 Å². The largest absolute Gasteiger partial charge is 0.381 e. The molecule has 0 fully saturated rings. The zero-order valence-corrected chi connectivity index (χ0v) is 11.2. The van der Waals surface area contributed by atoms with E-state index in [-0.39, 0.29) is 0 Å². The van der Waals surface area contributed by atoms with Gasteiger partial charge >= 0.3 is 0 Å². The Balaban J connectivity index is 2.81. The average molecular weight is 252 g/mol. The zero-order chi connectivity index (χ0) is 11.2. The number of thiol groups is 2. The van der Waals surface area contributed by atoms with E-state index in [0.29, 0.717) is 0 Å². The molecule has 2 N–H and O–H groups in total. The van der Waals surface area contributed by atoms with Crippen molar-refractivity contribution in [3.63, 3.8) is 0 Å². The lowest BCUT2D eigenvalue weighted by atomic mass is 10.4. The molecule has 0 aliphatic rings. The fourth-order valence-electron chi connectivity index (χ4n) is 1.11. The van der Waals surface area contributed by atoms with E-state index >= 15 is 0 Å². The summed E-state index contributed by atoms with van der Waals surface area (Å²) in [6.45, 7) is 5.72. The molecular formula is C10H24N2OS2. The fraction of sp³-hybridized carbons (Fsp3) is 1.00. The van der Waals surface area contributed by atoms with Crippen LogP contribution in [0.5, 0.6) is 0 Å². The Bertz CT molecular complexity index is 106. The van der Waals surface area contributed by atoms with Crippen molar-refractivity contribution in [3.8, 4) is 0 Å². The normalized spacial score (nSPS) is 10.8. The molecule has 0 bridgehead atoms. The van der Waals surface area contributed by atoms with E-state index in [1.165, 1.54) is 0 Å². The van der Waals surface area contributed by atoms with Gasteiger partial charge in [0, 0.05) is 37.8 Å². The summed E-state index contributed by atoms with van der Waals surface area (Å²) < 4.78 is 5.48. The first-order valence-corrected chi connectivity index (χ1v) is 6.89. The maximum absolute atomic E-state index is 5.48. The molecule has 0 saturated carbocycles. The maximum Gasteiger partial charge on any atom is 0.0478 e. The highest BCUT2D eigenvalue weighted by Gasteiger charge is 1.90. The molecule has 5 heteroatoms. The molecule has 0 aliphatic heterocycles. The summed E-state index contributed by atoms with van der Waals surface area (Å²) in [6, 6.07) is 0. The van der Waals surface area contributed by atoms with E-state index in [2.05, 4.69) is 35.9 Å². The second-order valence-corrected chi connectivity index (χ2v) is 4.16. The smallest absolute Gasteiger partial charge is 0.0478 e. The molecule has 0 heterocycles. The lowest BCUT2D eigenvalue weighted by Gasteiger charge is -2.05. The van der Waals surface area contributed by atoms with Gasteiger partial charge in [-0.3, -0.25) is 0 Å². The Labute approximate surface area is 105 Å². The van der Waals surface area contributed by atoms with Crippen molar-refractivity contribution in [2.75, 3.05) is 50.9 Å². The van der Waals surface area contributed by atoms with Crippen LogP contribution in [-0.4, -0.2) is 50.9 Å². The minimum atomic E-state index is 0.853. The molecular weight excluding hydrogens is 228 g/mol. The van der Waals surface area contributed by atoms with E-state index in [0.717, 1.165) is 63.7 Å². The van der Waals surface area contributed by atoms with Gasteiger partial charge in [0.05, 0.1) is 0 Å². The van der Waals surface area contributed by atoms with E-state index < -0.39 is 0 Å². The average Bonchev–Trinajstić information content (AvgIpc) is 2.26. The van der Waals surface area contributed by atoms with Crippen LogP contribution in [-0.2, 0) is 4.74 Å². The van der Waals surface area contributed by atoms with Crippen molar-refractivity contribution < 1.29 is 4.74 Å². The lowest BCUT2D eigenvalue weighted by Crippen LogP contribution is -2.20. The van der Waals surface area contributed by atoms with Gasteiger partial charge in [0.2, 0.25) is 0 Å². The Morgan fingerprint density at radius 2 is 1.20 bits per heavy atom. The minimum absolute atomic E-state index is 0.853. The number of hydrogen-bond donors (Lipinski definition) is 4. The summed E-state index contributed by atoms with van der Waals surface area (Å²) in [6.07, 6.45) is 2.16. The highest BCUT2D eigenvalue weighted by Crippen LogP contribution is 1.85. The van der Waals surface area contributed by atoms with Crippen LogP contribution in [0.15, 0.2) is 0 Å². The summed E-state index contributed by atoms with van der Waals surface area (Å²) in [4.78, 5) is 0. The second-order valence-electron chi connectivity index (χ2n) is 3.27. The van der Waals surface area contributed by atoms with Crippen molar-refractivity contribution in [3.05, 3.63) is 0 Å². The van der Waals surface area contributed by atoms with Crippen LogP contribution in [0.3, 0.4) is 0 Å². The maximum atomic E-state index is 5.48. The van der Waals surface area contributed by atoms with Gasteiger partial charge in [-0.15, -0.1) is 0 Å². The first-order valence-electron chi connectivity index (χ1n) is 5.62. The Kier molecular flexibility index (Phi) is 15.1. The van der Waals surface area contributed by atoms with E-state index in [1.807, 2.05) is 0 Å². The Hall–Kier alpha value is 0.580. The van der Waals surface area contributed by atoms with Crippen molar-refractivity contribution in [2.45, 2.75) is 12.8 Å². The first-order chi connectivity index (χ1) is 7.41. The number of ether oxygens (including phenoxy) is 1. The molecule has 0 unspecified atom stereocenters. The predicted molar refractivity (Wildman–Crippen MR) is 73.5 cm³/mol. The van der Waals surface area contributed by atoms with E-state index in [9.17, 15) is 0 Å². The van der Waals surface area contributed by atoms with Crippen LogP contribution >= 0.6 is 25.3 Å². The summed E-state index contributed by atoms with van der Waals surface area (Å²) >= 11 is 8.23. The molecule has 0 spiro atoms. The lowest BCUT2D eigenvalue weighted by molar-refractivity contribution is 0.129. The summed E-state index contributed by atoms with van der Waals surface area (Å²) in [5, 5.41) is 6.55. The number of rotatable bonds is 12. The third-order valence-electron chi connectivity index (χ3n) is 1.86. The van der Waals surface area contributed by atoms with Gasteiger partial charge in [-0.1, -0.05) is 0 Å². The number of hydrogen-bond acceptors (Lipinski definition) is 5. The molecule has 0 atom stereocenters. The van der Waals surface area contributed by atoms with Crippen LogP contribution in [0.1, 0.15) is 12.8 Å². The van der Waals surface area contributed by atoms with Crippen LogP contribution < -0.4 is 10.6 Å². The van der Waals surface area contributed by atoms with Gasteiger partial charge in [0.1, 0.15) is 0 Å². The molecule has 3 nitrogen and oxygen atoms in total. The molecule has 0 rings (SSSR count). The Morgan fingerprint density at radius 1 is 0.733 bits per heavy atom. The summed E-state index contributed by atoms with van der Waals surface area (Å²) in [5.41, 5.74) is 0. The molecule has 0 aromatic rings. The highest BCUT2D eigenvalue weighted by atomic mass is 32.1. The van der Waals surface area contributed by atoms with Crippen LogP contribution in [0, 0.1) is 0 Å². The SMILES string of the molecule is SCCNCCCOCCCNCCS. The van der Waals surface area contributed by atoms with Crippen molar-refractivity contribution in [1.82, 2.24) is 10.6 Å². The van der Waals surface area contributed by atoms with Gasteiger partial charge < -0.3 is 15.4 Å². The molecule has 15 heavy (non-hydrogen) atoms. The molecule has 0 aliphatic carbocycles. The second kappa shape index (κ2) is 14.6. The minimum Gasteiger partial charge on any atom is -0.381 e. The third-order valence-corrected chi connectivity index (χ3v) is 2.31. The third kappa shape index (κ3) is 14.6. The summed E-state index contributed by atoms with van der Waals surface area (Å²) in [7, 11) is 0. The predicted octanol–water partition coefficient (Wildman–Crippen LogP) is 0.822. The standard InChI is InChI=1S/C10H24N2OS2/c14-9-5-11-3-1-7-13-8-2-4-12-6-10-15/h11-12,14-15H,1-10H2. The van der Waals surface area contributed by atoms with Gasteiger partial charge in [-0.2, -0.15) is 25.3 Å². The molecule has 92 valence electrons. The molecule has 0 radical (unpaired) electrons. The quantitative estimate of drug-likeness (QED) is 0.307. The zero-order valence-electron chi connectivity index (χ0n) is 9.37. The van der Waals surface area contributed by atoms with E-state index in [1.54, 1.807) is 0 Å². The van der Waals surface area contributed by atoms with Crippen molar-refractivity contribution >= 4 is 25.3 Å².